The van der Waals surface area contributed by atoms with Gasteiger partial charge in [0.05, 0.1) is 14.6 Å². The number of allylic oxidation sites excluding steroid dienone is 1. The molecule has 0 saturated carbocycles. The van der Waals surface area contributed by atoms with Gasteiger partial charge in [-0.2, -0.15) is 0 Å². The zero-order valence-electron chi connectivity index (χ0n) is 15.7. The van der Waals surface area contributed by atoms with Gasteiger partial charge in [-0.15, -0.1) is 0 Å². The van der Waals surface area contributed by atoms with Crippen molar-refractivity contribution in [1.82, 2.24) is 4.90 Å². The van der Waals surface area contributed by atoms with Crippen LogP contribution < -0.4 is 0 Å². The first-order chi connectivity index (χ1) is 12.4. The van der Waals surface area contributed by atoms with Crippen molar-refractivity contribution < 1.29 is 9.59 Å². The number of nitrogens with zero attached hydrogens (tertiary/aromatic N) is 1. The quantitative estimate of drug-likeness (QED) is 0.565. The maximum absolute atomic E-state index is 12.8. The van der Waals surface area contributed by atoms with Gasteiger partial charge >= 0.3 is 0 Å². The molecule has 0 bridgehead atoms. The highest BCUT2D eigenvalue weighted by atomic mass is 28.3. The number of Topliss-reactive ketones (excluding diaryl/α,β-unsaturated/α-hetero) is 1. The number of benzene rings is 2. The maximum atomic E-state index is 12.8. The van der Waals surface area contributed by atoms with Crippen LogP contribution in [0.5, 0.6) is 0 Å². The topological polar surface area (TPSA) is 37.4 Å². The third-order valence-corrected chi connectivity index (χ3v) is 6.72. The summed E-state index contributed by atoms with van der Waals surface area (Å²) in [5, 5.41) is 0.800. The molecule has 1 aliphatic heterocycles. The number of carbonyl (C=O) groups is 2. The van der Waals surface area contributed by atoms with Gasteiger partial charge in [-0.3, -0.25) is 9.59 Å². The van der Waals surface area contributed by atoms with E-state index in [4.69, 9.17) is 0 Å². The first-order valence-electron chi connectivity index (χ1n) is 9.05. The minimum Gasteiger partial charge on any atom is -0.305 e. The summed E-state index contributed by atoms with van der Waals surface area (Å²) in [5.41, 5.74) is 3.20. The number of carbonyl (C=O) groups excluding carboxylic acids is 2. The molecule has 134 valence electrons. The number of amides is 1. The lowest BCUT2D eigenvalue weighted by molar-refractivity contribution is -0.139. The van der Waals surface area contributed by atoms with Crippen LogP contribution >= 0.6 is 0 Å². The Kier molecular flexibility index (Phi) is 5.23. The Morgan fingerprint density at radius 1 is 0.769 bits per heavy atom. The highest BCUT2D eigenvalue weighted by molar-refractivity contribution is 6.90. The number of aryl methyl sites for hydroxylation is 1. The predicted molar refractivity (Wildman–Crippen MR) is 107 cm³/mol. The van der Waals surface area contributed by atoms with E-state index in [0.717, 1.165) is 22.9 Å². The predicted octanol–water partition coefficient (Wildman–Crippen LogP) is 4.36. The molecular formula is C22H25NO2Si. The summed E-state index contributed by atoms with van der Waals surface area (Å²) in [6, 6.07) is 20.1. The summed E-state index contributed by atoms with van der Waals surface area (Å²) in [7, 11) is -1.92. The van der Waals surface area contributed by atoms with E-state index in [0.29, 0.717) is 13.0 Å². The minimum atomic E-state index is -1.92. The Hall–Kier alpha value is -2.46. The van der Waals surface area contributed by atoms with E-state index < -0.39 is 8.07 Å². The van der Waals surface area contributed by atoms with Crippen molar-refractivity contribution in [3.8, 4) is 0 Å². The van der Waals surface area contributed by atoms with Gasteiger partial charge in [-0.25, -0.2) is 0 Å². The molecule has 0 fully saturated rings. The van der Waals surface area contributed by atoms with Crippen molar-refractivity contribution >= 4 is 19.8 Å². The van der Waals surface area contributed by atoms with Crippen LogP contribution in [0.15, 0.2) is 71.6 Å². The van der Waals surface area contributed by atoms with Crippen molar-refractivity contribution in [2.75, 3.05) is 0 Å². The molecule has 0 unspecified atom stereocenters. The monoisotopic (exact) mass is 363 g/mol. The van der Waals surface area contributed by atoms with Crippen molar-refractivity contribution in [2.45, 2.75) is 39.0 Å². The molecule has 0 aromatic heterocycles. The molecule has 0 N–H and O–H groups in total. The molecule has 26 heavy (non-hydrogen) atoms. The molecule has 0 atom stereocenters. The normalized spacial score (nSPS) is 15.1. The standard InChI is InChI=1S/C22H25NO2Si/c1-26(2,3)21-19(15-14-17-10-6-4-7-11-17)23(22(25)20(21)24)16-18-12-8-5-9-13-18/h4-13H,14-16H2,1-3H3. The molecule has 1 heterocycles. The molecule has 3 nitrogen and oxygen atoms in total. The van der Waals surface area contributed by atoms with Crippen molar-refractivity contribution in [3.05, 3.63) is 82.7 Å². The van der Waals surface area contributed by atoms with Crippen LogP contribution in [-0.4, -0.2) is 24.7 Å². The third kappa shape index (κ3) is 3.86. The highest BCUT2D eigenvalue weighted by Gasteiger charge is 2.43. The lowest BCUT2D eigenvalue weighted by Crippen LogP contribution is -2.31. The zero-order chi connectivity index (χ0) is 18.7. The Labute approximate surface area is 156 Å². The van der Waals surface area contributed by atoms with Crippen LogP contribution in [0.2, 0.25) is 19.6 Å². The Bertz CT molecular complexity index is 835. The molecule has 2 aromatic carbocycles. The number of hydrogen-bond donors (Lipinski definition) is 0. The summed E-state index contributed by atoms with van der Waals surface area (Å²) < 4.78 is 0. The molecule has 1 aliphatic rings. The average molecular weight is 364 g/mol. The van der Waals surface area contributed by atoms with Crippen LogP contribution in [0.4, 0.5) is 0 Å². The van der Waals surface area contributed by atoms with E-state index in [-0.39, 0.29) is 11.7 Å². The molecule has 4 heteroatoms. The Balaban J connectivity index is 1.94. The second-order valence-corrected chi connectivity index (χ2v) is 12.8. The van der Waals surface area contributed by atoms with Gasteiger partial charge < -0.3 is 4.90 Å². The van der Waals surface area contributed by atoms with Gasteiger partial charge in [0.25, 0.3) is 5.91 Å². The van der Waals surface area contributed by atoms with Crippen LogP contribution in [0.25, 0.3) is 0 Å². The van der Waals surface area contributed by atoms with Crippen molar-refractivity contribution in [3.63, 3.8) is 0 Å². The SMILES string of the molecule is C[Si](C)(C)C1=C(CCc2ccccc2)N(Cc2ccccc2)C(=O)C1=O. The van der Waals surface area contributed by atoms with Crippen molar-refractivity contribution in [2.24, 2.45) is 0 Å². The fourth-order valence-electron chi connectivity index (χ4n) is 3.49. The van der Waals surface area contributed by atoms with E-state index in [1.54, 1.807) is 4.90 Å². The van der Waals surface area contributed by atoms with Crippen LogP contribution in [-0.2, 0) is 22.6 Å². The number of hydrogen-bond acceptors (Lipinski definition) is 2. The smallest absolute Gasteiger partial charge is 0.298 e. The van der Waals surface area contributed by atoms with Gasteiger partial charge in [-0.1, -0.05) is 80.3 Å². The van der Waals surface area contributed by atoms with Crippen LogP contribution in [0, 0.1) is 0 Å². The van der Waals surface area contributed by atoms with Gasteiger partial charge in [0.2, 0.25) is 5.78 Å². The van der Waals surface area contributed by atoms with Gasteiger partial charge in [0.15, 0.2) is 0 Å². The van der Waals surface area contributed by atoms with E-state index in [1.807, 2.05) is 48.5 Å². The molecular weight excluding hydrogens is 338 g/mol. The number of ketones is 1. The molecule has 1 amide bonds. The maximum Gasteiger partial charge on any atom is 0.298 e. The minimum absolute atomic E-state index is 0.289. The lowest BCUT2D eigenvalue weighted by Gasteiger charge is -2.23. The van der Waals surface area contributed by atoms with Gasteiger partial charge in [0.1, 0.15) is 0 Å². The van der Waals surface area contributed by atoms with E-state index in [2.05, 4.69) is 31.8 Å². The van der Waals surface area contributed by atoms with Crippen LogP contribution in [0.3, 0.4) is 0 Å². The van der Waals surface area contributed by atoms with E-state index >= 15 is 0 Å². The summed E-state index contributed by atoms with van der Waals surface area (Å²) in [6.45, 7) is 6.88. The summed E-state index contributed by atoms with van der Waals surface area (Å²) in [4.78, 5) is 27.2. The number of rotatable bonds is 6. The summed E-state index contributed by atoms with van der Waals surface area (Å²) in [6.07, 6.45) is 1.55. The fraction of sp³-hybridized carbons (Fsp3) is 0.273. The second-order valence-electron chi connectivity index (χ2n) is 7.76. The molecule has 0 radical (unpaired) electrons. The Morgan fingerprint density at radius 3 is 1.85 bits per heavy atom. The lowest BCUT2D eigenvalue weighted by atomic mass is 10.1. The fourth-order valence-corrected chi connectivity index (χ4v) is 5.41. The highest BCUT2D eigenvalue weighted by Crippen LogP contribution is 2.33. The molecule has 0 saturated heterocycles. The Morgan fingerprint density at radius 2 is 1.31 bits per heavy atom. The van der Waals surface area contributed by atoms with Crippen LogP contribution in [0.1, 0.15) is 17.5 Å². The first-order valence-corrected chi connectivity index (χ1v) is 12.6. The summed E-state index contributed by atoms with van der Waals surface area (Å²) >= 11 is 0. The molecule has 0 spiro atoms. The molecule has 0 aliphatic carbocycles. The second kappa shape index (κ2) is 7.42. The van der Waals surface area contributed by atoms with Gasteiger partial charge in [0, 0.05) is 10.9 Å². The van der Waals surface area contributed by atoms with E-state index in [9.17, 15) is 9.59 Å². The zero-order valence-corrected chi connectivity index (χ0v) is 16.7. The third-order valence-electron chi connectivity index (χ3n) is 4.71. The first kappa shape index (κ1) is 18.3. The largest absolute Gasteiger partial charge is 0.305 e. The molecule has 2 aromatic rings. The van der Waals surface area contributed by atoms with Gasteiger partial charge in [-0.05, 0) is 24.0 Å². The summed E-state index contributed by atoms with van der Waals surface area (Å²) in [5.74, 6) is -0.655. The van der Waals surface area contributed by atoms with Crippen molar-refractivity contribution in [1.29, 1.82) is 0 Å². The molecule has 3 rings (SSSR count). The average Bonchev–Trinajstić information content (AvgIpc) is 2.86. The van der Waals surface area contributed by atoms with E-state index in [1.165, 1.54) is 5.56 Å².